The van der Waals surface area contributed by atoms with Crippen LogP contribution >= 0.6 is 11.8 Å². The van der Waals surface area contributed by atoms with Crippen LogP contribution < -0.4 is 15.0 Å². The molecule has 0 saturated carbocycles. The van der Waals surface area contributed by atoms with Gasteiger partial charge < -0.3 is 13.9 Å². The summed E-state index contributed by atoms with van der Waals surface area (Å²) < 4.78 is 17.9. The van der Waals surface area contributed by atoms with Gasteiger partial charge in [0.2, 0.25) is 5.89 Å². The number of methoxy groups -OCH3 is 2. The molecule has 0 bridgehead atoms. The van der Waals surface area contributed by atoms with Gasteiger partial charge in [0.15, 0.2) is 5.16 Å². The molecular formula is C27H23N3O4S. The van der Waals surface area contributed by atoms with Gasteiger partial charge in [0.05, 0.1) is 37.4 Å². The molecule has 0 aliphatic heterocycles. The molecule has 8 heteroatoms. The number of benzene rings is 3. The number of ether oxygens (including phenoxy) is 2. The molecule has 0 radical (unpaired) electrons. The van der Waals surface area contributed by atoms with Crippen LogP contribution in [0.25, 0.3) is 22.4 Å². The third-order valence-electron chi connectivity index (χ3n) is 5.56. The zero-order chi connectivity index (χ0) is 24.2. The monoisotopic (exact) mass is 485 g/mol. The van der Waals surface area contributed by atoms with Crippen LogP contribution in [-0.4, -0.2) is 28.8 Å². The fourth-order valence-electron chi connectivity index (χ4n) is 3.69. The van der Waals surface area contributed by atoms with E-state index in [0.29, 0.717) is 34.2 Å². The highest BCUT2D eigenvalue weighted by Gasteiger charge is 2.14. The Kier molecular flexibility index (Phi) is 6.54. The fourth-order valence-corrected chi connectivity index (χ4v) is 4.56. The van der Waals surface area contributed by atoms with Gasteiger partial charge in [0.1, 0.15) is 17.8 Å². The van der Waals surface area contributed by atoms with E-state index in [1.165, 1.54) is 11.8 Å². The molecule has 0 spiro atoms. The van der Waals surface area contributed by atoms with Crippen molar-refractivity contribution < 1.29 is 13.9 Å². The number of hydrogen-bond donors (Lipinski definition) is 0. The number of hydrogen-bond acceptors (Lipinski definition) is 7. The first-order valence-corrected chi connectivity index (χ1v) is 12.0. The minimum Gasteiger partial charge on any atom is -0.497 e. The summed E-state index contributed by atoms with van der Waals surface area (Å²) in [6, 6.07) is 22.6. The van der Waals surface area contributed by atoms with Gasteiger partial charge in [-0.25, -0.2) is 9.97 Å². The van der Waals surface area contributed by atoms with E-state index in [2.05, 4.69) is 4.98 Å². The fraction of sp³-hybridized carbons (Fsp3) is 0.148. The lowest BCUT2D eigenvalue weighted by Crippen LogP contribution is -2.24. The maximum absolute atomic E-state index is 13.4. The zero-order valence-corrected chi connectivity index (χ0v) is 20.1. The minimum atomic E-state index is -0.0759. The molecular weight excluding hydrogens is 462 g/mol. The van der Waals surface area contributed by atoms with Crippen LogP contribution in [-0.2, 0) is 12.3 Å². The van der Waals surface area contributed by atoms with Crippen molar-refractivity contribution in [3.63, 3.8) is 0 Å². The summed E-state index contributed by atoms with van der Waals surface area (Å²) in [7, 11) is 3.26. The maximum Gasteiger partial charge on any atom is 0.262 e. The van der Waals surface area contributed by atoms with E-state index in [-0.39, 0.29) is 5.56 Å². The third kappa shape index (κ3) is 4.93. The highest BCUT2D eigenvalue weighted by molar-refractivity contribution is 7.98. The number of para-hydroxylation sites is 1. The van der Waals surface area contributed by atoms with Crippen LogP contribution in [0.1, 0.15) is 11.3 Å². The second kappa shape index (κ2) is 10.1. The van der Waals surface area contributed by atoms with Crippen molar-refractivity contribution in [2.24, 2.45) is 0 Å². The number of nitrogens with zero attached hydrogens (tertiary/aromatic N) is 3. The normalized spacial score (nSPS) is 11.0. The predicted molar refractivity (Wildman–Crippen MR) is 136 cm³/mol. The first-order valence-electron chi connectivity index (χ1n) is 11.0. The van der Waals surface area contributed by atoms with Gasteiger partial charge in [-0.05, 0) is 54.1 Å². The van der Waals surface area contributed by atoms with Gasteiger partial charge in [-0.15, -0.1) is 0 Å². The van der Waals surface area contributed by atoms with Gasteiger partial charge in [-0.3, -0.25) is 9.36 Å². The first kappa shape index (κ1) is 22.7. The van der Waals surface area contributed by atoms with Crippen molar-refractivity contribution in [2.75, 3.05) is 14.2 Å². The lowest BCUT2D eigenvalue weighted by atomic mass is 10.2. The van der Waals surface area contributed by atoms with Gasteiger partial charge in [-0.1, -0.05) is 36.0 Å². The molecule has 0 aliphatic carbocycles. The second-order valence-electron chi connectivity index (χ2n) is 7.81. The Balaban J connectivity index is 1.42. The van der Waals surface area contributed by atoms with Gasteiger partial charge >= 0.3 is 0 Å². The molecule has 0 aliphatic rings. The molecule has 5 aromatic rings. The first-order chi connectivity index (χ1) is 17.1. The largest absolute Gasteiger partial charge is 0.497 e. The maximum atomic E-state index is 13.4. The van der Waals surface area contributed by atoms with Crippen molar-refractivity contribution in [1.82, 2.24) is 14.5 Å². The number of aromatic nitrogens is 3. The van der Waals surface area contributed by atoms with Gasteiger partial charge in [0, 0.05) is 11.3 Å². The predicted octanol–water partition coefficient (Wildman–Crippen LogP) is 5.41. The minimum absolute atomic E-state index is 0.0759. The molecule has 5 rings (SSSR count). The van der Waals surface area contributed by atoms with E-state index >= 15 is 0 Å². The molecule has 7 nitrogen and oxygen atoms in total. The molecule has 176 valence electrons. The molecule has 0 saturated heterocycles. The highest BCUT2D eigenvalue weighted by Crippen LogP contribution is 2.26. The van der Waals surface area contributed by atoms with Crippen molar-refractivity contribution in [1.29, 1.82) is 0 Å². The third-order valence-corrected chi connectivity index (χ3v) is 6.57. The molecule has 0 atom stereocenters. The van der Waals surface area contributed by atoms with E-state index in [0.717, 1.165) is 28.3 Å². The van der Waals surface area contributed by atoms with Crippen molar-refractivity contribution in [3.05, 3.63) is 101 Å². The Bertz CT molecular complexity index is 1510. The van der Waals surface area contributed by atoms with Crippen LogP contribution in [0.4, 0.5) is 0 Å². The molecule has 2 aromatic heterocycles. The van der Waals surface area contributed by atoms with Crippen LogP contribution in [0.5, 0.6) is 11.5 Å². The lowest BCUT2D eigenvalue weighted by molar-refractivity contribution is 0.414. The Morgan fingerprint density at radius 1 is 0.886 bits per heavy atom. The SMILES string of the molecule is COc1ccc(Cn2c(SCc3coc(-c4ccc(OC)cc4)n3)nc3ccccc3c2=O)cc1. The summed E-state index contributed by atoms with van der Waals surface area (Å²) >= 11 is 1.46. The van der Waals surface area contributed by atoms with Crippen LogP contribution in [0.2, 0.25) is 0 Å². The Morgan fingerprint density at radius 3 is 2.29 bits per heavy atom. The van der Waals surface area contributed by atoms with Gasteiger partial charge in [0.25, 0.3) is 5.56 Å². The molecule has 0 fully saturated rings. The average molecular weight is 486 g/mol. The van der Waals surface area contributed by atoms with Crippen molar-refractivity contribution in [3.8, 4) is 23.0 Å². The highest BCUT2D eigenvalue weighted by atomic mass is 32.2. The summed E-state index contributed by atoms with van der Waals surface area (Å²) in [5.74, 6) is 2.58. The quantitative estimate of drug-likeness (QED) is 0.215. The zero-order valence-electron chi connectivity index (χ0n) is 19.3. The molecule has 35 heavy (non-hydrogen) atoms. The number of oxazole rings is 1. The number of rotatable bonds is 8. The topological polar surface area (TPSA) is 79.4 Å². The Hall–Kier alpha value is -4.04. The summed E-state index contributed by atoms with van der Waals surface area (Å²) in [5, 5.41) is 1.21. The smallest absolute Gasteiger partial charge is 0.262 e. The summed E-state index contributed by atoms with van der Waals surface area (Å²) in [6.07, 6.45) is 1.64. The molecule has 2 heterocycles. The second-order valence-corrected chi connectivity index (χ2v) is 8.75. The van der Waals surface area contributed by atoms with Crippen LogP contribution in [0.15, 0.2) is 93.4 Å². The summed E-state index contributed by atoms with van der Waals surface area (Å²) in [4.78, 5) is 22.8. The number of fused-ring (bicyclic) bond motifs is 1. The molecule has 0 amide bonds. The Morgan fingerprint density at radius 2 is 1.57 bits per heavy atom. The van der Waals surface area contributed by atoms with E-state index in [4.69, 9.17) is 18.9 Å². The van der Waals surface area contributed by atoms with Crippen molar-refractivity contribution in [2.45, 2.75) is 17.5 Å². The molecule has 0 unspecified atom stereocenters. The molecule has 3 aromatic carbocycles. The number of thioether (sulfide) groups is 1. The van der Waals surface area contributed by atoms with Gasteiger partial charge in [-0.2, -0.15) is 0 Å². The van der Waals surface area contributed by atoms with E-state index in [1.54, 1.807) is 25.0 Å². The lowest BCUT2D eigenvalue weighted by Gasteiger charge is -2.13. The van der Waals surface area contributed by atoms with E-state index < -0.39 is 0 Å². The Labute approximate surface area is 206 Å². The average Bonchev–Trinajstić information content (AvgIpc) is 3.39. The molecule has 0 N–H and O–H groups in total. The summed E-state index contributed by atoms with van der Waals surface area (Å²) in [6.45, 7) is 0.402. The van der Waals surface area contributed by atoms with Crippen LogP contribution in [0, 0.1) is 0 Å². The summed E-state index contributed by atoms with van der Waals surface area (Å²) in [5.41, 5.74) is 3.20. The standard InChI is InChI=1S/C27H23N3O4S/c1-32-21-11-7-18(8-12-21)15-30-26(31)23-5-3-4-6-24(23)29-27(30)35-17-20-16-34-25(28-20)19-9-13-22(33-2)14-10-19/h3-14,16H,15,17H2,1-2H3. The van der Waals surface area contributed by atoms with Crippen molar-refractivity contribution >= 4 is 22.7 Å². The van der Waals surface area contributed by atoms with E-state index in [9.17, 15) is 4.79 Å². The van der Waals surface area contributed by atoms with E-state index in [1.807, 2.05) is 72.8 Å². The van der Waals surface area contributed by atoms with Crippen LogP contribution in [0.3, 0.4) is 0 Å².